The maximum absolute atomic E-state index is 12.3. The van der Waals surface area contributed by atoms with Crippen LogP contribution in [0.15, 0.2) is 59.8 Å². The SMILES string of the molecule is Cn1c(SCC(=O)NC(=O)[C@H]2COc3ccccc3O2)nnc1-c1ccccc1. The molecule has 3 aromatic rings. The van der Waals surface area contributed by atoms with Gasteiger partial charge >= 0.3 is 0 Å². The highest BCUT2D eigenvalue weighted by Crippen LogP contribution is 2.30. The van der Waals surface area contributed by atoms with Gasteiger partial charge in [-0.1, -0.05) is 54.2 Å². The van der Waals surface area contributed by atoms with Crippen molar-refractivity contribution in [2.24, 2.45) is 7.05 Å². The summed E-state index contributed by atoms with van der Waals surface area (Å²) in [5.74, 6) is 0.815. The highest BCUT2D eigenvalue weighted by molar-refractivity contribution is 7.99. The summed E-state index contributed by atoms with van der Waals surface area (Å²) in [4.78, 5) is 24.5. The zero-order valence-electron chi connectivity index (χ0n) is 15.6. The molecule has 29 heavy (non-hydrogen) atoms. The molecule has 2 heterocycles. The van der Waals surface area contributed by atoms with E-state index in [1.54, 1.807) is 18.2 Å². The van der Waals surface area contributed by atoms with Crippen molar-refractivity contribution in [2.75, 3.05) is 12.4 Å². The quantitative estimate of drug-likeness (QED) is 0.643. The standard InChI is InChI=1S/C20H18N4O4S/c1-24-18(13-7-3-2-4-8-13)22-23-20(24)29-12-17(25)21-19(26)16-11-27-14-9-5-6-10-15(14)28-16/h2-10,16H,11-12H2,1H3,(H,21,25,26)/t16-/m1/s1. The molecule has 0 aliphatic carbocycles. The lowest BCUT2D eigenvalue weighted by Crippen LogP contribution is -2.46. The number of aromatic nitrogens is 3. The van der Waals surface area contributed by atoms with Gasteiger partial charge in [-0.3, -0.25) is 14.9 Å². The van der Waals surface area contributed by atoms with Crippen LogP contribution in [0.1, 0.15) is 0 Å². The van der Waals surface area contributed by atoms with Crippen LogP contribution in [0.25, 0.3) is 11.4 Å². The second-order valence-electron chi connectivity index (χ2n) is 6.30. The number of carbonyl (C=O) groups excluding carboxylic acids is 2. The second kappa shape index (κ2) is 8.36. The summed E-state index contributed by atoms with van der Waals surface area (Å²) in [6.45, 7) is 0.0486. The summed E-state index contributed by atoms with van der Waals surface area (Å²) in [5.41, 5.74) is 0.934. The fourth-order valence-electron chi connectivity index (χ4n) is 2.81. The first-order chi connectivity index (χ1) is 14.1. The van der Waals surface area contributed by atoms with Crippen molar-refractivity contribution in [3.8, 4) is 22.9 Å². The average molecular weight is 410 g/mol. The molecule has 4 rings (SSSR count). The van der Waals surface area contributed by atoms with Crippen molar-refractivity contribution in [3.05, 3.63) is 54.6 Å². The van der Waals surface area contributed by atoms with Crippen molar-refractivity contribution in [1.82, 2.24) is 20.1 Å². The fourth-order valence-corrected chi connectivity index (χ4v) is 3.52. The lowest BCUT2D eigenvalue weighted by Gasteiger charge is -2.25. The number of thioether (sulfide) groups is 1. The summed E-state index contributed by atoms with van der Waals surface area (Å²) in [6.07, 6.45) is -0.877. The van der Waals surface area contributed by atoms with Gasteiger partial charge in [0.25, 0.3) is 5.91 Å². The summed E-state index contributed by atoms with van der Waals surface area (Å²) in [5, 5.41) is 11.2. The van der Waals surface area contributed by atoms with Crippen LogP contribution in [0.5, 0.6) is 11.5 Å². The molecule has 1 atom stereocenters. The highest BCUT2D eigenvalue weighted by atomic mass is 32.2. The van der Waals surface area contributed by atoms with Crippen molar-refractivity contribution in [3.63, 3.8) is 0 Å². The van der Waals surface area contributed by atoms with Crippen LogP contribution >= 0.6 is 11.8 Å². The molecular formula is C20H18N4O4S. The number of rotatable bonds is 5. The van der Waals surface area contributed by atoms with Crippen LogP contribution in [-0.4, -0.2) is 45.0 Å². The smallest absolute Gasteiger partial charge is 0.271 e. The first-order valence-corrected chi connectivity index (χ1v) is 9.90. The molecule has 0 unspecified atom stereocenters. The Morgan fingerprint density at radius 2 is 1.83 bits per heavy atom. The van der Waals surface area contributed by atoms with E-state index in [1.807, 2.05) is 48.0 Å². The van der Waals surface area contributed by atoms with Crippen LogP contribution in [0.4, 0.5) is 0 Å². The lowest BCUT2D eigenvalue weighted by molar-refractivity contribution is -0.135. The minimum Gasteiger partial charge on any atom is -0.485 e. The number of fused-ring (bicyclic) bond motifs is 1. The van der Waals surface area contributed by atoms with E-state index < -0.39 is 17.9 Å². The molecule has 2 aromatic carbocycles. The van der Waals surface area contributed by atoms with E-state index in [-0.39, 0.29) is 12.4 Å². The summed E-state index contributed by atoms with van der Waals surface area (Å²) < 4.78 is 12.9. The third-order valence-electron chi connectivity index (χ3n) is 4.26. The molecule has 0 saturated heterocycles. The molecule has 2 amide bonds. The maximum atomic E-state index is 12.3. The summed E-state index contributed by atoms with van der Waals surface area (Å²) in [7, 11) is 1.83. The normalized spacial score (nSPS) is 15.0. The van der Waals surface area contributed by atoms with Crippen molar-refractivity contribution in [2.45, 2.75) is 11.3 Å². The molecular weight excluding hydrogens is 392 g/mol. The van der Waals surface area contributed by atoms with Crippen LogP contribution in [0.3, 0.4) is 0 Å². The number of ether oxygens (including phenoxy) is 2. The first-order valence-electron chi connectivity index (χ1n) is 8.91. The number of para-hydroxylation sites is 2. The van der Waals surface area contributed by atoms with Gasteiger partial charge in [0.1, 0.15) is 6.61 Å². The Balaban J connectivity index is 1.32. The molecule has 0 bridgehead atoms. The highest BCUT2D eigenvalue weighted by Gasteiger charge is 2.28. The van der Waals surface area contributed by atoms with E-state index in [2.05, 4.69) is 15.5 Å². The fraction of sp³-hybridized carbons (Fsp3) is 0.200. The summed E-state index contributed by atoms with van der Waals surface area (Å²) >= 11 is 1.20. The second-order valence-corrected chi connectivity index (χ2v) is 7.24. The number of benzene rings is 2. The van der Waals surface area contributed by atoms with E-state index >= 15 is 0 Å². The van der Waals surface area contributed by atoms with E-state index in [0.29, 0.717) is 22.5 Å². The molecule has 8 nitrogen and oxygen atoms in total. The molecule has 0 spiro atoms. The molecule has 0 radical (unpaired) electrons. The topological polar surface area (TPSA) is 95.3 Å². The van der Waals surface area contributed by atoms with E-state index in [0.717, 1.165) is 5.56 Å². The van der Waals surface area contributed by atoms with E-state index in [1.165, 1.54) is 11.8 Å². The number of amides is 2. The zero-order chi connectivity index (χ0) is 20.2. The Hall–Kier alpha value is -3.33. The third-order valence-corrected chi connectivity index (χ3v) is 5.28. The number of hydrogen-bond acceptors (Lipinski definition) is 7. The molecule has 148 valence electrons. The maximum Gasteiger partial charge on any atom is 0.271 e. The van der Waals surface area contributed by atoms with Gasteiger partial charge in [0, 0.05) is 12.6 Å². The van der Waals surface area contributed by atoms with Crippen LogP contribution < -0.4 is 14.8 Å². The number of nitrogens with one attached hydrogen (secondary N) is 1. The van der Waals surface area contributed by atoms with Gasteiger partial charge in [-0.2, -0.15) is 0 Å². The zero-order valence-corrected chi connectivity index (χ0v) is 16.4. The summed E-state index contributed by atoms with van der Waals surface area (Å²) in [6, 6.07) is 16.7. The number of imide groups is 1. The van der Waals surface area contributed by atoms with Crippen molar-refractivity contribution < 1.29 is 19.1 Å². The van der Waals surface area contributed by atoms with E-state index in [9.17, 15) is 9.59 Å². The Bertz CT molecular complexity index is 1040. The number of carbonyl (C=O) groups is 2. The van der Waals surface area contributed by atoms with Gasteiger partial charge in [-0.25, -0.2) is 0 Å². The average Bonchev–Trinajstić information content (AvgIpc) is 3.12. The largest absolute Gasteiger partial charge is 0.485 e. The minimum absolute atomic E-state index is 0.0245. The first kappa shape index (κ1) is 19.0. The van der Waals surface area contributed by atoms with Gasteiger partial charge in [0.2, 0.25) is 12.0 Å². The van der Waals surface area contributed by atoms with Gasteiger partial charge < -0.3 is 14.0 Å². The Morgan fingerprint density at radius 3 is 2.62 bits per heavy atom. The monoisotopic (exact) mass is 410 g/mol. The van der Waals surface area contributed by atoms with Crippen LogP contribution in [-0.2, 0) is 16.6 Å². The van der Waals surface area contributed by atoms with Crippen LogP contribution in [0.2, 0.25) is 0 Å². The predicted molar refractivity (Wildman–Crippen MR) is 107 cm³/mol. The lowest BCUT2D eigenvalue weighted by atomic mass is 10.2. The van der Waals surface area contributed by atoms with E-state index in [4.69, 9.17) is 9.47 Å². The van der Waals surface area contributed by atoms with Gasteiger partial charge in [0.05, 0.1) is 5.75 Å². The molecule has 1 aromatic heterocycles. The van der Waals surface area contributed by atoms with Crippen molar-refractivity contribution >= 4 is 23.6 Å². The predicted octanol–water partition coefficient (Wildman–Crippen LogP) is 2.06. The Kier molecular flexibility index (Phi) is 5.48. The van der Waals surface area contributed by atoms with Crippen molar-refractivity contribution in [1.29, 1.82) is 0 Å². The molecule has 9 heteroatoms. The van der Waals surface area contributed by atoms with Gasteiger partial charge in [0.15, 0.2) is 22.5 Å². The van der Waals surface area contributed by atoms with Gasteiger partial charge in [-0.15, -0.1) is 10.2 Å². The Morgan fingerprint density at radius 1 is 1.10 bits per heavy atom. The molecule has 1 N–H and O–H groups in total. The Labute approximate surface area is 171 Å². The minimum atomic E-state index is -0.877. The molecule has 0 fully saturated rings. The molecule has 1 aliphatic heterocycles. The molecule has 0 saturated carbocycles. The van der Waals surface area contributed by atoms with Crippen LogP contribution in [0, 0.1) is 0 Å². The number of nitrogens with zero attached hydrogens (tertiary/aromatic N) is 3. The van der Waals surface area contributed by atoms with Gasteiger partial charge in [-0.05, 0) is 12.1 Å². The number of hydrogen-bond donors (Lipinski definition) is 1. The molecule has 1 aliphatic rings. The third kappa shape index (κ3) is 4.24.